The van der Waals surface area contributed by atoms with Gasteiger partial charge in [0, 0.05) is 12.1 Å². The van der Waals surface area contributed by atoms with Crippen LogP contribution in [0.25, 0.3) is 0 Å². The summed E-state index contributed by atoms with van der Waals surface area (Å²) in [4.78, 5) is 12.8. The highest BCUT2D eigenvalue weighted by Crippen LogP contribution is 2.23. The van der Waals surface area contributed by atoms with Gasteiger partial charge in [0.15, 0.2) is 0 Å². The lowest BCUT2D eigenvalue weighted by atomic mass is 9.97. The first-order valence-corrected chi connectivity index (χ1v) is 5.99. The molecule has 5 heteroatoms. The van der Waals surface area contributed by atoms with Crippen molar-refractivity contribution in [1.29, 1.82) is 0 Å². The van der Waals surface area contributed by atoms with Crippen molar-refractivity contribution >= 4 is 5.97 Å². The van der Waals surface area contributed by atoms with Crippen molar-refractivity contribution in [1.82, 2.24) is 4.90 Å². The van der Waals surface area contributed by atoms with Crippen molar-refractivity contribution in [3.63, 3.8) is 0 Å². The average molecular weight is 253 g/mol. The summed E-state index contributed by atoms with van der Waals surface area (Å²) in [7, 11) is 0. The minimum absolute atomic E-state index is 0.0803. The van der Waals surface area contributed by atoms with Gasteiger partial charge in [-0.05, 0) is 44.1 Å². The zero-order valence-corrected chi connectivity index (χ0v) is 9.97. The second kappa shape index (κ2) is 5.35. The van der Waals surface area contributed by atoms with Gasteiger partial charge in [0.05, 0.1) is 5.92 Å². The van der Waals surface area contributed by atoms with E-state index in [9.17, 15) is 14.3 Å². The van der Waals surface area contributed by atoms with Crippen molar-refractivity contribution in [2.24, 2.45) is 5.92 Å². The third-order valence-corrected chi connectivity index (χ3v) is 3.37. The van der Waals surface area contributed by atoms with Crippen LogP contribution in [0.1, 0.15) is 18.4 Å². The van der Waals surface area contributed by atoms with Crippen LogP contribution in [0.5, 0.6) is 5.75 Å². The summed E-state index contributed by atoms with van der Waals surface area (Å²) in [6.07, 6.45) is 1.21. The number of benzene rings is 1. The number of hydrogen-bond donors (Lipinski definition) is 2. The summed E-state index contributed by atoms with van der Waals surface area (Å²) in [5.41, 5.74) is 0.545. The predicted molar refractivity (Wildman–Crippen MR) is 63.7 cm³/mol. The van der Waals surface area contributed by atoms with E-state index in [0.717, 1.165) is 0 Å². The number of likely N-dealkylation sites (tertiary alicyclic amines) is 1. The van der Waals surface area contributed by atoms with Gasteiger partial charge >= 0.3 is 5.97 Å². The van der Waals surface area contributed by atoms with Crippen molar-refractivity contribution in [3.05, 3.63) is 29.6 Å². The number of piperidine rings is 1. The van der Waals surface area contributed by atoms with E-state index in [0.29, 0.717) is 38.0 Å². The quantitative estimate of drug-likeness (QED) is 0.862. The Hall–Kier alpha value is -1.62. The van der Waals surface area contributed by atoms with Gasteiger partial charge in [-0.2, -0.15) is 0 Å². The van der Waals surface area contributed by atoms with Gasteiger partial charge in [-0.1, -0.05) is 0 Å². The Kier molecular flexibility index (Phi) is 3.81. The zero-order valence-electron chi connectivity index (χ0n) is 9.97. The Morgan fingerprint density at radius 1 is 1.39 bits per heavy atom. The lowest BCUT2D eigenvalue weighted by molar-refractivity contribution is -0.143. The maximum Gasteiger partial charge on any atom is 0.306 e. The Bertz CT molecular complexity index is 442. The minimum atomic E-state index is -0.747. The molecule has 0 aliphatic carbocycles. The number of carboxylic acid groups (broad SMARTS) is 1. The van der Waals surface area contributed by atoms with Gasteiger partial charge < -0.3 is 10.2 Å². The van der Waals surface area contributed by atoms with Gasteiger partial charge in [0.1, 0.15) is 11.6 Å². The molecule has 1 aromatic carbocycles. The summed E-state index contributed by atoms with van der Waals surface area (Å²) in [5, 5.41) is 18.5. The standard InChI is InChI=1S/C13H16FNO3/c14-11-1-2-12(16)10(7-11)8-15-5-3-9(4-6-15)13(17)18/h1-2,7,9,16H,3-6,8H2,(H,17,18). The number of rotatable bonds is 3. The van der Waals surface area contributed by atoms with E-state index in [4.69, 9.17) is 5.11 Å². The molecule has 18 heavy (non-hydrogen) atoms. The molecule has 1 aliphatic heterocycles. The van der Waals surface area contributed by atoms with E-state index >= 15 is 0 Å². The Labute approximate surface area is 105 Å². The Morgan fingerprint density at radius 2 is 2.06 bits per heavy atom. The van der Waals surface area contributed by atoms with Gasteiger partial charge in [-0.15, -0.1) is 0 Å². The Morgan fingerprint density at radius 3 is 2.67 bits per heavy atom. The molecule has 98 valence electrons. The first kappa shape index (κ1) is 12.8. The summed E-state index contributed by atoms with van der Waals surface area (Å²) in [6, 6.07) is 3.88. The minimum Gasteiger partial charge on any atom is -0.508 e. The third-order valence-electron chi connectivity index (χ3n) is 3.37. The molecule has 0 bridgehead atoms. The number of nitrogens with zero attached hydrogens (tertiary/aromatic N) is 1. The fraction of sp³-hybridized carbons (Fsp3) is 0.462. The summed E-state index contributed by atoms with van der Waals surface area (Å²) >= 11 is 0. The van der Waals surface area contributed by atoms with Crippen LogP contribution < -0.4 is 0 Å². The van der Waals surface area contributed by atoms with Crippen LogP contribution in [0, 0.1) is 11.7 Å². The number of phenolic OH excluding ortho intramolecular Hbond substituents is 1. The third kappa shape index (κ3) is 2.98. The number of carbonyl (C=O) groups is 1. The zero-order chi connectivity index (χ0) is 13.1. The maximum atomic E-state index is 13.1. The van der Waals surface area contributed by atoms with Crippen molar-refractivity contribution in [2.75, 3.05) is 13.1 Å². The fourth-order valence-corrected chi connectivity index (χ4v) is 2.26. The lowest BCUT2D eigenvalue weighted by Crippen LogP contribution is -2.35. The summed E-state index contributed by atoms with van der Waals surface area (Å²) in [6.45, 7) is 1.77. The average Bonchev–Trinajstić information content (AvgIpc) is 2.34. The summed E-state index contributed by atoms with van der Waals surface area (Å²) in [5.74, 6) is -1.31. The van der Waals surface area contributed by atoms with Gasteiger partial charge in [0.2, 0.25) is 0 Å². The van der Waals surface area contributed by atoms with E-state index < -0.39 is 5.97 Å². The van der Waals surface area contributed by atoms with E-state index in [2.05, 4.69) is 0 Å². The van der Waals surface area contributed by atoms with Crippen molar-refractivity contribution in [2.45, 2.75) is 19.4 Å². The molecule has 0 amide bonds. The summed E-state index contributed by atoms with van der Waals surface area (Å²) < 4.78 is 13.1. The smallest absolute Gasteiger partial charge is 0.306 e. The highest BCUT2D eigenvalue weighted by Gasteiger charge is 2.24. The highest BCUT2D eigenvalue weighted by molar-refractivity contribution is 5.70. The number of hydrogen-bond acceptors (Lipinski definition) is 3. The second-order valence-electron chi connectivity index (χ2n) is 4.66. The number of carboxylic acids is 1. The van der Waals surface area contributed by atoms with Crippen LogP contribution in [0.15, 0.2) is 18.2 Å². The lowest BCUT2D eigenvalue weighted by Gasteiger charge is -2.30. The van der Waals surface area contributed by atoms with Crippen molar-refractivity contribution in [3.8, 4) is 5.75 Å². The molecule has 1 heterocycles. The predicted octanol–water partition coefficient (Wildman–Crippen LogP) is 1.83. The molecular formula is C13H16FNO3. The molecule has 0 radical (unpaired) electrons. The van der Waals surface area contributed by atoms with Crippen LogP contribution in [0.3, 0.4) is 0 Å². The Balaban J connectivity index is 1.95. The topological polar surface area (TPSA) is 60.8 Å². The number of phenols is 1. The van der Waals surface area contributed by atoms with Crippen LogP contribution in [0.4, 0.5) is 4.39 Å². The molecule has 0 aromatic heterocycles. The fourth-order valence-electron chi connectivity index (χ4n) is 2.26. The first-order valence-electron chi connectivity index (χ1n) is 5.99. The largest absolute Gasteiger partial charge is 0.508 e. The molecule has 1 aliphatic rings. The van der Waals surface area contributed by atoms with E-state index in [1.807, 2.05) is 4.90 Å². The molecule has 0 atom stereocenters. The number of aliphatic carboxylic acids is 1. The molecule has 1 saturated heterocycles. The normalized spacial score (nSPS) is 17.8. The molecule has 0 spiro atoms. The van der Waals surface area contributed by atoms with E-state index in [1.165, 1.54) is 18.2 Å². The molecule has 1 fully saturated rings. The monoisotopic (exact) mass is 253 g/mol. The van der Waals surface area contributed by atoms with E-state index in [-0.39, 0.29) is 17.5 Å². The highest BCUT2D eigenvalue weighted by atomic mass is 19.1. The molecule has 1 aromatic rings. The van der Waals surface area contributed by atoms with Gasteiger partial charge in [-0.3, -0.25) is 9.69 Å². The van der Waals surface area contributed by atoms with Gasteiger partial charge in [-0.25, -0.2) is 4.39 Å². The SMILES string of the molecule is O=C(O)C1CCN(Cc2cc(F)ccc2O)CC1. The molecule has 2 N–H and O–H groups in total. The second-order valence-corrected chi connectivity index (χ2v) is 4.66. The first-order chi connectivity index (χ1) is 8.56. The van der Waals surface area contributed by atoms with Crippen LogP contribution in [-0.2, 0) is 11.3 Å². The van der Waals surface area contributed by atoms with E-state index in [1.54, 1.807) is 0 Å². The number of halogens is 1. The van der Waals surface area contributed by atoms with Crippen LogP contribution in [0.2, 0.25) is 0 Å². The molecular weight excluding hydrogens is 237 g/mol. The van der Waals surface area contributed by atoms with Crippen LogP contribution in [-0.4, -0.2) is 34.2 Å². The van der Waals surface area contributed by atoms with Crippen LogP contribution >= 0.6 is 0 Å². The van der Waals surface area contributed by atoms with Crippen molar-refractivity contribution < 1.29 is 19.4 Å². The van der Waals surface area contributed by atoms with Gasteiger partial charge in [0.25, 0.3) is 0 Å². The number of aromatic hydroxyl groups is 1. The molecule has 2 rings (SSSR count). The molecule has 0 unspecified atom stereocenters. The molecule has 4 nitrogen and oxygen atoms in total. The maximum absolute atomic E-state index is 13.1. The molecule has 0 saturated carbocycles.